The third kappa shape index (κ3) is 7.27. The molecule has 0 spiro atoms. The molecule has 0 saturated carbocycles. The summed E-state index contributed by atoms with van der Waals surface area (Å²) in [5, 5.41) is 11.0. The van der Waals surface area contributed by atoms with Crippen molar-refractivity contribution in [3.63, 3.8) is 0 Å². The zero-order valence-electron chi connectivity index (χ0n) is 30.9. The van der Waals surface area contributed by atoms with Gasteiger partial charge in [-0.2, -0.15) is 19.6 Å². The highest BCUT2D eigenvalue weighted by molar-refractivity contribution is 6.90. The number of carbonyl (C=O) groups is 1. The van der Waals surface area contributed by atoms with Gasteiger partial charge in [-0.25, -0.2) is 13.6 Å². The molecule has 1 atom stereocenters. The highest BCUT2D eigenvalue weighted by Gasteiger charge is 2.42. The fraction of sp³-hybridized carbons (Fsp3) is 0.450. The van der Waals surface area contributed by atoms with Crippen LogP contribution in [0.4, 0.5) is 23.8 Å². The smallest absolute Gasteiger partial charge is 0.410 e. The summed E-state index contributed by atoms with van der Waals surface area (Å²) in [6.07, 6.45) is -1.65. The Labute approximate surface area is 299 Å². The van der Waals surface area contributed by atoms with Gasteiger partial charge in [0.25, 0.3) is 0 Å². The van der Waals surface area contributed by atoms with Crippen LogP contribution in [0.1, 0.15) is 74.3 Å². The molecule has 1 amide bonds. The molecule has 0 radical (unpaired) electrons. The molecule has 51 heavy (non-hydrogen) atoms. The van der Waals surface area contributed by atoms with E-state index in [1.807, 2.05) is 6.07 Å². The summed E-state index contributed by atoms with van der Waals surface area (Å²) in [6, 6.07) is 13.2. The van der Waals surface area contributed by atoms with Crippen molar-refractivity contribution in [2.24, 2.45) is 0 Å². The second kappa shape index (κ2) is 14.6. The molecule has 5 rings (SSSR count). The number of fused-ring (bicyclic) bond motifs is 2. The molecule has 11 heteroatoms. The molecular formula is C40H46F3N5O2Si. The van der Waals surface area contributed by atoms with E-state index in [2.05, 4.69) is 69.0 Å². The molecule has 1 aliphatic heterocycles. The zero-order chi connectivity index (χ0) is 37.4. The first-order chi connectivity index (χ1) is 24.0. The van der Waals surface area contributed by atoms with E-state index in [1.165, 1.54) is 11.0 Å². The van der Waals surface area contributed by atoms with E-state index in [1.54, 1.807) is 56.0 Å². The molecule has 7 nitrogen and oxygen atoms in total. The monoisotopic (exact) mass is 713 g/mol. The molecule has 1 saturated heterocycles. The number of ether oxygens (including phenoxy) is 1. The molecule has 0 bridgehead atoms. The Hall–Kier alpha value is -4.61. The zero-order valence-corrected chi connectivity index (χ0v) is 31.9. The van der Waals surface area contributed by atoms with Gasteiger partial charge in [-0.3, -0.25) is 0 Å². The number of anilines is 1. The lowest BCUT2D eigenvalue weighted by atomic mass is 9.93. The molecule has 1 aliphatic rings. The van der Waals surface area contributed by atoms with Crippen LogP contribution in [0.25, 0.3) is 32.8 Å². The van der Waals surface area contributed by atoms with Crippen molar-refractivity contribution in [3.05, 3.63) is 65.7 Å². The SMILES string of the molecule is CC(C)[Si](C#Cc1c(F)ccc2cccc(-c3ccc4c(N5CCN(C(=O)OC(C)(C)C)[C@@H](CC#N)C5)nc(F)nc4c3F)c12)(C(C)C)C(C)C. The normalized spacial score (nSPS) is 15.5. The van der Waals surface area contributed by atoms with Gasteiger partial charge in [0.15, 0.2) is 5.82 Å². The van der Waals surface area contributed by atoms with Gasteiger partial charge in [-0.1, -0.05) is 77.8 Å². The van der Waals surface area contributed by atoms with E-state index < -0.39 is 43.5 Å². The van der Waals surface area contributed by atoms with Crippen LogP contribution in [0.15, 0.2) is 42.5 Å². The predicted molar refractivity (Wildman–Crippen MR) is 199 cm³/mol. The van der Waals surface area contributed by atoms with Crippen LogP contribution in [-0.4, -0.2) is 60.3 Å². The molecule has 4 aromatic rings. The van der Waals surface area contributed by atoms with E-state index in [0.717, 1.165) is 0 Å². The number of carbonyl (C=O) groups excluding carboxylic acids is 1. The molecule has 1 aromatic heterocycles. The van der Waals surface area contributed by atoms with Crippen molar-refractivity contribution in [2.75, 3.05) is 24.5 Å². The average molecular weight is 714 g/mol. The molecule has 0 N–H and O–H groups in total. The molecule has 0 unspecified atom stereocenters. The van der Waals surface area contributed by atoms with E-state index >= 15 is 13.2 Å². The van der Waals surface area contributed by atoms with Crippen LogP contribution >= 0.6 is 0 Å². The quantitative estimate of drug-likeness (QED) is 0.112. The summed E-state index contributed by atoms with van der Waals surface area (Å²) in [5.74, 6) is 2.16. The molecule has 268 valence electrons. The largest absolute Gasteiger partial charge is 0.444 e. The van der Waals surface area contributed by atoms with Gasteiger partial charge in [0, 0.05) is 36.0 Å². The summed E-state index contributed by atoms with van der Waals surface area (Å²) in [4.78, 5) is 24.1. The van der Waals surface area contributed by atoms with Crippen LogP contribution in [0.2, 0.25) is 16.6 Å². The van der Waals surface area contributed by atoms with Crippen LogP contribution < -0.4 is 4.90 Å². The first kappa shape index (κ1) is 37.6. The second-order valence-corrected chi connectivity index (χ2v) is 20.8. The fourth-order valence-corrected chi connectivity index (χ4v) is 13.0. The number of halogens is 3. The molecule has 3 aromatic carbocycles. The Morgan fingerprint density at radius 1 is 0.961 bits per heavy atom. The second-order valence-electron chi connectivity index (χ2n) is 15.2. The minimum atomic E-state index is -2.24. The number of piperazine rings is 1. The minimum Gasteiger partial charge on any atom is -0.444 e. The Balaban J connectivity index is 1.63. The van der Waals surface area contributed by atoms with Crippen molar-refractivity contribution in [1.82, 2.24) is 14.9 Å². The summed E-state index contributed by atoms with van der Waals surface area (Å²) in [7, 11) is -2.24. The van der Waals surface area contributed by atoms with Crippen LogP contribution in [0, 0.1) is 40.5 Å². The van der Waals surface area contributed by atoms with Crippen molar-refractivity contribution >= 4 is 41.7 Å². The Kier molecular flexibility index (Phi) is 10.7. The van der Waals surface area contributed by atoms with E-state index in [4.69, 9.17) is 4.74 Å². The topological polar surface area (TPSA) is 82.4 Å². The summed E-state index contributed by atoms with van der Waals surface area (Å²) >= 11 is 0. The van der Waals surface area contributed by atoms with Gasteiger partial charge in [-0.15, -0.1) is 5.54 Å². The van der Waals surface area contributed by atoms with Crippen molar-refractivity contribution in [3.8, 4) is 28.7 Å². The van der Waals surface area contributed by atoms with E-state index in [-0.39, 0.29) is 53.9 Å². The number of amides is 1. The third-order valence-corrected chi connectivity index (χ3v) is 16.3. The van der Waals surface area contributed by atoms with Gasteiger partial charge < -0.3 is 14.5 Å². The average Bonchev–Trinajstić information content (AvgIpc) is 3.04. The molecule has 2 heterocycles. The lowest BCUT2D eigenvalue weighted by Gasteiger charge is -2.41. The lowest BCUT2D eigenvalue weighted by molar-refractivity contribution is 0.0145. The van der Waals surface area contributed by atoms with Gasteiger partial charge in [-0.05, 0) is 60.5 Å². The number of benzene rings is 3. The number of hydrogen-bond acceptors (Lipinski definition) is 6. The first-order valence-electron chi connectivity index (χ1n) is 17.5. The number of hydrogen-bond donors (Lipinski definition) is 0. The van der Waals surface area contributed by atoms with Crippen LogP contribution in [0.5, 0.6) is 0 Å². The summed E-state index contributed by atoms with van der Waals surface area (Å²) in [5.41, 5.74) is 4.42. The minimum absolute atomic E-state index is 0.0116. The van der Waals surface area contributed by atoms with Gasteiger partial charge >= 0.3 is 12.2 Å². The van der Waals surface area contributed by atoms with Gasteiger partial charge in [0.1, 0.15) is 30.8 Å². The molecule has 1 fully saturated rings. The first-order valence-corrected chi connectivity index (χ1v) is 19.7. The van der Waals surface area contributed by atoms with Crippen molar-refractivity contribution in [2.45, 2.75) is 97.0 Å². The summed E-state index contributed by atoms with van der Waals surface area (Å²) < 4.78 is 53.3. The number of rotatable bonds is 6. The standard InChI is InChI=1S/C40H46F3N5O2Si/c1-24(2)51(25(3)4,26(5)6)22-18-31-33(41)16-13-27-11-10-12-29(34(27)31)30-14-15-32-36(35(30)42)45-38(43)46-37(32)47-20-21-48(28(23-47)17-19-44)39(49)50-40(7,8)9/h10-16,24-26,28H,17,20-21,23H2,1-9H3/t28-/m0/s1. The summed E-state index contributed by atoms with van der Waals surface area (Å²) in [6.45, 7) is 19.0. The maximum Gasteiger partial charge on any atom is 0.410 e. The highest BCUT2D eigenvalue weighted by Crippen LogP contribution is 2.42. The van der Waals surface area contributed by atoms with Crippen molar-refractivity contribution in [1.29, 1.82) is 5.26 Å². The molecular weight excluding hydrogens is 668 g/mol. The van der Waals surface area contributed by atoms with Crippen LogP contribution in [-0.2, 0) is 4.74 Å². The van der Waals surface area contributed by atoms with Crippen LogP contribution in [0.3, 0.4) is 0 Å². The number of aromatic nitrogens is 2. The Bertz CT molecular complexity index is 2060. The Morgan fingerprint density at radius 2 is 1.65 bits per heavy atom. The fourth-order valence-electron chi connectivity index (χ4n) is 7.76. The maximum atomic E-state index is 16.7. The number of nitrogens with zero attached hydrogens (tertiary/aromatic N) is 5. The highest BCUT2D eigenvalue weighted by atomic mass is 28.3. The lowest BCUT2D eigenvalue weighted by Crippen LogP contribution is -2.56. The predicted octanol–water partition coefficient (Wildman–Crippen LogP) is 9.78. The number of nitriles is 1. The van der Waals surface area contributed by atoms with Gasteiger partial charge in [0.05, 0.1) is 24.1 Å². The molecule has 0 aliphatic carbocycles. The van der Waals surface area contributed by atoms with Crippen molar-refractivity contribution < 1.29 is 22.7 Å². The van der Waals surface area contributed by atoms with E-state index in [9.17, 15) is 10.1 Å². The van der Waals surface area contributed by atoms with E-state index in [0.29, 0.717) is 33.0 Å². The van der Waals surface area contributed by atoms with Gasteiger partial charge in [0.2, 0.25) is 0 Å². The Morgan fingerprint density at radius 3 is 2.27 bits per heavy atom. The third-order valence-electron chi connectivity index (χ3n) is 10.1. The maximum absolute atomic E-state index is 16.7.